The Bertz CT molecular complexity index is 394. The fraction of sp³-hybridized carbons (Fsp3) is 0.625. The average molecular weight is 264 g/mol. The molecule has 2 nitrogen and oxygen atoms in total. The Hall–Kier alpha value is -0.930. The lowest BCUT2D eigenvalue weighted by Gasteiger charge is -2.39. The number of hydrogen-bond acceptors (Lipinski definition) is 2. The van der Waals surface area contributed by atoms with Gasteiger partial charge in [0, 0.05) is 32.2 Å². The van der Waals surface area contributed by atoms with Crippen molar-refractivity contribution >= 4 is 0 Å². The van der Waals surface area contributed by atoms with Crippen LogP contribution in [0.25, 0.3) is 0 Å². The first-order chi connectivity index (χ1) is 9.20. The molecule has 0 aliphatic carbocycles. The largest absolute Gasteiger partial charge is 0.314 e. The lowest BCUT2D eigenvalue weighted by Crippen LogP contribution is -2.54. The smallest absolute Gasteiger partial charge is 0.123 e. The van der Waals surface area contributed by atoms with Crippen molar-refractivity contribution in [2.45, 2.75) is 32.7 Å². The summed E-state index contributed by atoms with van der Waals surface area (Å²) in [5.41, 5.74) is 1.10. The highest BCUT2D eigenvalue weighted by molar-refractivity contribution is 5.16. The third-order valence-corrected chi connectivity index (χ3v) is 4.28. The summed E-state index contributed by atoms with van der Waals surface area (Å²) in [5, 5.41) is 3.49. The topological polar surface area (TPSA) is 15.3 Å². The molecule has 1 aliphatic rings. The Labute approximate surface area is 116 Å². The third kappa shape index (κ3) is 4.02. The Balaban J connectivity index is 1.92. The van der Waals surface area contributed by atoms with E-state index < -0.39 is 0 Å². The highest BCUT2D eigenvalue weighted by atomic mass is 19.1. The van der Waals surface area contributed by atoms with Crippen molar-refractivity contribution in [2.75, 3.05) is 26.2 Å². The first-order valence-corrected chi connectivity index (χ1v) is 7.40. The summed E-state index contributed by atoms with van der Waals surface area (Å²) in [4.78, 5) is 2.57. The zero-order chi connectivity index (χ0) is 13.7. The van der Waals surface area contributed by atoms with E-state index in [9.17, 15) is 4.39 Å². The van der Waals surface area contributed by atoms with E-state index in [1.165, 1.54) is 12.5 Å². The molecule has 19 heavy (non-hydrogen) atoms. The second kappa shape index (κ2) is 7.01. The van der Waals surface area contributed by atoms with Crippen LogP contribution in [0.3, 0.4) is 0 Å². The maximum absolute atomic E-state index is 13.2. The van der Waals surface area contributed by atoms with Crippen LogP contribution < -0.4 is 5.32 Å². The van der Waals surface area contributed by atoms with Gasteiger partial charge in [0.05, 0.1) is 0 Å². The van der Waals surface area contributed by atoms with E-state index in [-0.39, 0.29) is 5.82 Å². The summed E-state index contributed by atoms with van der Waals surface area (Å²) in [6.07, 6.45) is 2.15. The number of hydrogen-bond donors (Lipinski definition) is 1. The SMILES string of the molecule is CCC(C)C1CNCCN1CCc1cccc(F)c1. The van der Waals surface area contributed by atoms with Crippen LogP contribution in [0, 0.1) is 11.7 Å². The van der Waals surface area contributed by atoms with E-state index in [4.69, 9.17) is 0 Å². The second-order valence-electron chi connectivity index (χ2n) is 5.57. The summed E-state index contributed by atoms with van der Waals surface area (Å²) < 4.78 is 13.2. The van der Waals surface area contributed by atoms with Gasteiger partial charge in [0.15, 0.2) is 0 Å². The van der Waals surface area contributed by atoms with Gasteiger partial charge < -0.3 is 5.32 Å². The molecule has 1 aliphatic heterocycles. The molecule has 1 aromatic carbocycles. The first-order valence-electron chi connectivity index (χ1n) is 7.40. The summed E-state index contributed by atoms with van der Waals surface area (Å²) in [7, 11) is 0. The predicted octanol–water partition coefficient (Wildman–Crippen LogP) is 2.69. The van der Waals surface area contributed by atoms with Crippen LogP contribution in [0.4, 0.5) is 4.39 Å². The molecule has 1 aromatic rings. The van der Waals surface area contributed by atoms with Crippen LogP contribution in [0.1, 0.15) is 25.8 Å². The molecule has 3 heteroatoms. The Morgan fingerprint density at radius 1 is 1.47 bits per heavy atom. The minimum absolute atomic E-state index is 0.128. The number of benzene rings is 1. The van der Waals surface area contributed by atoms with Crippen LogP contribution in [-0.2, 0) is 6.42 Å². The maximum Gasteiger partial charge on any atom is 0.123 e. The number of piperazine rings is 1. The lowest BCUT2D eigenvalue weighted by molar-refractivity contribution is 0.118. The quantitative estimate of drug-likeness (QED) is 0.879. The molecule has 0 saturated carbocycles. The molecule has 0 bridgehead atoms. The Morgan fingerprint density at radius 3 is 3.05 bits per heavy atom. The van der Waals surface area contributed by atoms with Crippen molar-refractivity contribution in [1.82, 2.24) is 10.2 Å². The second-order valence-corrected chi connectivity index (χ2v) is 5.57. The lowest BCUT2D eigenvalue weighted by atomic mass is 9.95. The van der Waals surface area contributed by atoms with Gasteiger partial charge in [0.2, 0.25) is 0 Å². The van der Waals surface area contributed by atoms with Crippen molar-refractivity contribution in [2.24, 2.45) is 5.92 Å². The summed E-state index contributed by atoms with van der Waals surface area (Å²) >= 11 is 0. The highest BCUT2D eigenvalue weighted by Gasteiger charge is 2.25. The number of rotatable bonds is 5. The fourth-order valence-corrected chi connectivity index (χ4v) is 2.84. The minimum Gasteiger partial charge on any atom is -0.314 e. The van der Waals surface area contributed by atoms with Crippen LogP contribution in [-0.4, -0.2) is 37.1 Å². The zero-order valence-corrected chi connectivity index (χ0v) is 12.0. The van der Waals surface area contributed by atoms with E-state index in [0.717, 1.165) is 38.2 Å². The minimum atomic E-state index is -0.128. The van der Waals surface area contributed by atoms with E-state index >= 15 is 0 Å². The fourth-order valence-electron chi connectivity index (χ4n) is 2.84. The van der Waals surface area contributed by atoms with Gasteiger partial charge in [-0.3, -0.25) is 4.90 Å². The Morgan fingerprint density at radius 2 is 2.32 bits per heavy atom. The van der Waals surface area contributed by atoms with Crippen LogP contribution in [0.2, 0.25) is 0 Å². The monoisotopic (exact) mass is 264 g/mol. The molecule has 2 rings (SSSR count). The summed E-state index contributed by atoms with van der Waals surface area (Å²) in [6, 6.07) is 7.60. The first kappa shape index (κ1) is 14.5. The van der Waals surface area contributed by atoms with E-state index in [2.05, 4.69) is 24.1 Å². The normalized spacial score (nSPS) is 22.4. The summed E-state index contributed by atoms with van der Waals surface area (Å²) in [6.45, 7) is 8.86. The van der Waals surface area contributed by atoms with Gasteiger partial charge in [0.25, 0.3) is 0 Å². The molecule has 0 amide bonds. The molecule has 106 valence electrons. The van der Waals surface area contributed by atoms with Crippen LogP contribution in [0.5, 0.6) is 0 Å². The molecule has 2 unspecified atom stereocenters. The standard InChI is InChI=1S/C16H25FN2/c1-3-13(2)16-12-18-8-10-19(16)9-7-14-5-4-6-15(17)11-14/h4-6,11,13,16,18H,3,7-10,12H2,1-2H3. The zero-order valence-electron chi connectivity index (χ0n) is 12.0. The van der Waals surface area contributed by atoms with Crippen molar-refractivity contribution in [3.8, 4) is 0 Å². The number of halogens is 1. The molecule has 2 atom stereocenters. The maximum atomic E-state index is 13.2. The summed E-state index contributed by atoms with van der Waals surface area (Å²) in [5.74, 6) is 0.580. The Kier molecular flexibility index (Phi) is 5.34. The third-order valence-electron chi connectivity index (χ3n) is 4.28. The molecular weight excluding hydrogens is 239 g/mol. The molecule has 1 fully saturated rings. The average Bonchev–Trinajstić information content (AvgIpc) is 2.45. The molecule has 0 radical (unpaired) electrons. The van der Waals surface area contributed by atoms with Gasteiger partial charge in [-0.05, 0) is 30.0 Å². The van der Waals surface area contributed by atoms with Crippen molar-refractivity contribution in [3.05, 3.63) is 35.6 Å². The molecule has 0 aromatic heterocycles. The van der Waals surface area contributed by atoms with Crippen molar-refractivity contribution in [1.29, 1.82) is 0 Å². The van der Waals surface area contributed by atoms with Gasteiger partial charge in [-0.25, -0.2) is 4.39 Å². The number of nitrogens with one attached hydrogen (secondary N) is 1. The highest BCUT2D eigenvalue weighted by Crippen LogP contribution is 2.17. The van der Waals surface area contributed by atoms with E-state index in [0.29, 0.717) is 12.0 Å². The van der Waals surface area contributed by atoms with E-state index in [1.54, 1.807) is 12.1 Å². The van der Waals surface area contributed by atoms with Gasteiger partial charge >= 0.3 is 0 Å². The van der Waals surface area contributed by atoms with Crippen LogP contribution in [0.15, 0.2) is 24.3 Å². The number of nitrogens with zero attached hydrogens (tertiary/aromatic N) is 1. The van der Waals surface area contributed by atoms with Gasteiger partial charge in [-0.15, -0.1) is 0 Å². The predicted molar refractivity (Wildman–Crippen MR) is 77.8 cm³/mol. The van der Waals surface area contributed by atoms with Crippen molar-refractivity contribution < 1.29 is 4.39 Å². The van der Waals surface area contributed by atoms with Gasteiger partial charge in [-0.1, -0.05) is 32.4 Å². The molecule has 1 heterocycles. The van der Waals surface area contributed by atoms with Gasteiger partial charge in [-0.2, -0.15) is 0 Å². The van der Waals surface area contributed by atoms with Crippen LogP contribution >= 0.6 is 0 Å². The molecular formula is C16H25FN2. The van der Waals surface area contributed by atoms with Gasteiger partial charge in [0.1, 0.15) is 5.82 Å². The molecule has 0 spiro atoms. The van der Waals surface area contributed by atoms with Crippen molar-refractivity contribution in [3.63, 3.8) is 0 Å². The van der Waals surface area contributed by atoms with E-state index in [1.807, 2.05) is 6.07 Å². The molecule has 1 N–H and O–H groups in total. The molecule has 1 saturated heterocycles.